The van der Waals surface area contributed by atoms with Crippen molar-refractivity contribution in [3.8, 4) is 11.1 Å². The highest BCUT2D eigenvalue weighted by Crippen LogP contribution is 2.34. The molecule has 1 amide bonds. The van der Waals surface area contributed by atoms with E-state index < -0.39 is 5.97 Å². The summed E-state index contributed by atoms with van der Waals surface area (Å²) >= 11 is 0. The second-order valence-corrected chi connectivity index (χ2v) is 7.45. The van der Waals surface area contributed by atoms with Crippen LogP contribution in [0.25, 0.3) is 11.1 Å². The summed E-state index contributed by atoms with van der Waals surface area (Å²) in [5, 5.41) is 12.5. The number of carbonyl (C=O) groups is 2. The van der Waals surface area contributed by atoms with Crippen molar-refractivity contribution in [3.05, 3.63) is 89.5 Å². The van der Waals surface area contributed by atoms with Gasteiger partial charge in [0.2, 0.25) is 0 Å². The Morgan fingerprint density at radius 2 is 1.31 bits per heavy atom. The van der Waals surface area contributed by atoms with Gasteiger partial charge in [0.25, 0.3) is 5.91 Å². The van der Waals surface area contributed by atoms with E-state index in [1.165, 1.54) is 31.2 Å². The van der Waals surface area contributed by atoms with Crippen molar-refractivity contribution in [2.75, 3.05) is 5.32 Å². The molecule has 146 valence electrons. The molecule has 0 spiro atoms. The van der Waals surface area contributed by atoms with Gasteiger partial charge in [-0.2, -0.15) is 0 Å². The van der Waals surface area contributed by atoms with Crippen LogP contribution in [-0.2, 0) is 0 Å². The molecule has 1 aliphatic rings. The van der Waals surface area contributed by atoms with Gasteiger partial charge in [-0.15, -0.1) is 0 Å². The van der Waals surface area contributed by atoms with E-state index in [0.29, 0.717) is 22.6 Å². The van der Waals surface area contributed by atoms with Crippen LogP contribution in [0.2, 0.25) is 0 Å². The van der Waals surface area contributed by atoms with Gasteiger partial charge in [0.05, 0.1) is 5.56 Å². The quantitative estimate of drug-likeness (QED) is 0.569. The highest BCUT2D eigenvalue weighted by molar-refractivity contribution is 6.10. The van der Waals surface area contributed by atoms with Crippen LogP contribution in [0, 0.1) is 0 Å². The lowest BCUT2D eigenvalue weighted by Crippen LogP contribution is -2.13. The Morgan fingerprint density at radius 1 is 0.759 bits per heavy atom. The summed E-state index contributed by atoms with van der Waals surface area (Å²) < 4.78 is 0. The van der Waals surface area contributed by atoms with Gasteiger partial charge in [-0.05, 0) is 59.7 Å². The van der Waals surface area contributed by atoms with Gasteiger partial charge in [-0.1, -0.05) is 61.4 Å². The fraction of sp³-hybridized carbons (Fsp3) is 0.200. The monoisotopic (exact) mass is 385 g/mol. The third kappa shape index (κ3) is 4.06. The molecule has 2 N–H and O–H groups in total. The predicted octanol–water partition coefficient (Wildman–Crippen LogP) is 5.96. The summed E-state index contributed by atoms with van der Waals surface area (Å²) in [6.07, 6.45) is 5.06. The molecule has 0 bridgehead atoms. The maximum atomic E-state index is 13.0. The van der Waals surface area contributed by atoms with Crippen LogP contribution in [0.3, 0.4) is 0 Å². The zero-order valence-corrected chi connectivity index (χ0v) is 16.1. The fourth-order valence-corrected chi connectivity index (χ4v) is 4.12. The van der Waals surface area contributed by atoms with Crippen LogP contribution >= 0.6 is 0 Å². The molecule has 0 aromatic heterocycles. The molecule has 0 atom stereocenters. The molecule has 3 aromatic carbocycles. The Labute approximate surface area is 170 Å². The molecule has 1 fully saturated rings. The number of amides is 1. The summed E-state index contributed by atoms with van der Waals surface area (Å²) in [4.78, 5) is 24.6. The topological polar surface area (TPSA) is 66.4 Å². The van der Waals surface area contributed by atoms with Crippen molar-refractivity contribution in [2.45, 2.75) is 31.6 Å². The van der Waals surface area contributed by atoms with E-state index >= 15 is 0 Å². The van der Waals surface area contributed by atoms with Crippen molar-refractivity contribution in [3.63, 3.8) is 0 Å². The van der Waals surface area contributed by atoms with E-state index in [2.05, 4.69) is 17.4 Å². The third-order valence-electron chi connectivity index (χ3n) is 5.61. The number of hydrogen-bond acceptors (Lipinski definition) is 2. The van der Waals surface area contributed by atoms with Gasteiger partial charge in [0, 0.05) is 11.3 Å². The number of carboxylic acids is 1. The molecular formula is C25H23NO3. The lowest BCUT2D eigenvalue weighted by Gasteiger charge is -2.13. The first-order valence-electron chi connectivity index (χ1n) is 9.96. The smallest absolute Gasteiger partial charge is 0.336 e. The van der Waals surface area contributed by atoms with Gasteiger partial charge in [-0.25, -0.2) is 4.79 Å². The largest absolute Gasteiger partial charge is 0.478 e. The Hall–Kier alpha value is -3.40. The zero-order valence-electron chi connectivity index (χ0n) is 16.1. The molecule has 3 aromatic rings. The number of anilines is 1. The molecule has 0 saturated heterocycles. The van der Waals surface area contributed by atoms with Crippen molar-refractivity contribution in [1.29, 1.82) is 0 Å². The minimum atomic E-state index is -1.02. The number of benzene rings is 3. The Kier molecular flexibility index (Phi) is 5.43. The van der Waals surface area contributed by atoms with E-state index in [-0.39, 0.29) is 11.5 Å². The molecule has 0 heterocycles. The van der Waals surface area contributed by atoms with Crippen LogP contribution in [0.4, 0.5) is 5.69 Å². The van der Waals surface area contributed by atoms with E-state index in [4.69, 9.17) is 0 Å². The Balaban J connectivity index is 1.60. The first-order valence-corrected chi connectivity index (χ1v) is 9.96. The third-order valence-corrected chi connectivity index (χ3v) is 5.61. The molecular weight excluding hydrogens is 362 g/mol. The van der Waals surface area contributed by atoms with Gasteiger partial charge >= 0.3 is 5.97 Å². The zero-order chi connectivity index (χ0) is 20.2. The van der Waals surface area contributed by atoms with Crippen molar-refractivity contribution in [2.24, 2.45) is 0 Å². The maximum absolute atomic E-state index is 13.0. The minimum absolute atomic E-state index is 0.175. The van der Waals surface area contributed by atoms with E-state index in [9.17, 15) is 14.7 Å². The normalized spacial score (nSPS) is 13.9. The summed E-state index contributed by atoms with van der Waals surface area (Å²) in [7, 11) is 0. The van der Waals surface area contributed by atoms with Crippen LogP contribution in [0.15, 0.2) is 72.8 Å². The highest BCUT2D eigenvalue weighted by Gasteiger charge is 2.19. The van der Waals surface area contributed by atoms with Crippen LogP contribution in [-0.4, -0.2) is 17.0 Å². The van der Waals surface area contributed by atoms with E-state index in [0.717, 1.165) is 5.69 Å². The van der Waals surface area contributed by atoms with E-state index in [1.807, 2.05) is 12.1 Å². The van der Waals surface area contributed by atoms with Crippen LogP contribution < -0.4 is 5.32 Å². The second-order valence-electron chi connectivity index (χ2n) is 7.45. The van der Waals surface area contributed by atoms with Crippen molar-refractivity contribution >= 4 is 17.6 Å². The van der Waals surface area contributed by atoms with Crippen LogP contribution in [0.5, 0.6) is 0 Å². The maximum Gasteiger partial charge on any atom is 0.336 e. The van der Waals surface area contributed by atoms with Gasteiger partial charge in [0.15, 0.2) is 0 Å². The molecule has 29 heavy (non-hydrogen) atoms. The Bertz CT molecular complexity index is 1030. The number of nitrogens with one attached hydrogen (secondary N) is 1. The summed E-state index contributed by atoms with van der Waals surface area (Å²) in [6, 6.07) is 21.9. The van der Waals surface area contributed by atoms with Crippen molar-refractivity contribution < 1.29 is 14.7 Å². The lowest BCUT2D eigenvalue weighted by molar-refractivity contribution is 0.0697. The summed E-state index contributed by atoms with van der Waals surface area (Å²) in [5.74, 6) is -0.638. The summed E-state index contributed by atoms with van der Waals surface area (Å²) in [6.45, 7) is 0. The van der Waals surface area contributed by atoms with E-state index in [1.54, 1.807) is 48.5 Å². The molecule has 1 aliphatic carbocycles. The molecule has 4 rings (SSSR count). The average Bonchev–Trinajstić information content (AvgIpc) is 3.29. The number of carboxylic acid groups (broad SMARTS) is 1. The first kappa shape index (κ1) is 18.9. The molecule has 4 nitrogen and oxygen atoms in total. The van der Waals surface area contributed by atoms with Gasteiger partial charge in [-0.3, -0.25) is 4.79 Å². The minimum Gasteiger partial charge on any atom is -0.478 e. The van der Waals surface area contributed by atoms with Crippen LogP contribution in [0.1, 0.15) is 57.9 Å². The Morgan fingerprint density at radius 3 is 1.93 bits per heavy atom. The molecule has 4 heteroatoms. The highest BCUT2D eigenvalue weighted by atomic mass is 16.4. The number of hydrogen-bond donors (Lipinski definition) is 2. The number of aromatic carboxylic acids is 1. The lowest BCUT2D eigenvalue weighted by atomic mass is 9.95. The van der Waals surface area contributed by atoms with Crippen molar-refractivity contribution in [1.82, 2.24) is 0 Å². The molecule has 0 aliphatic heterocycles. The first-order chi connectivity index (χ1) is 14.1. The second kappa shape index (κ2) is 8.31. The standard InChI is InChI=1S/C25H23NO3/c27-24(26-19-15-13-18(14-16-19)17-7-1-2-8-17)22-11-5-3-9-20(22)21-10-4-6-12-23(21)25(28)29/h3-6,9-17H,1-2,7-8H2,(H,26,27)(H,28,29). The SMILES string of the molecule is O=C(O)c1ccccc1-c1ccccc1C(=O)Nc1ccc(C2CCCC2)cc1. The van der Waals surface area contributed by atoms with Gasteiger partial charge in [0.1, 0.15) is 0 Å². The molecule has 0 radical (unpaired) electrons. The molecule has 0 unspecified atom stereocenters. The average molecular weight is 385 g/mol. The number of rotatable bonds is 5. The fourth-order valence-electron chi connectivity index (χ4n) is 4.12. The molecule has 1 saturated carbocycles. The summed E-state index contributed by atoms with van der Waals surface area (Å²) in [5.41, 5.74) is 3.82. The number of carbonyl (C=O) groups excluding carboxylic acids is 1. The van der Waals surface area contributed by atoms with Gasteiger partial charge < -0.3 is 10.4 Å². The predicted molar refractivity (Wildman–Crippen MR) is 114 cm³/mol.